The van der Waals surface area contributed by atoms with Crippen molar-refractivity contribution in [2.24, 2.45) is 0 Å². The first-order chi connectivity index (χ1) is 14.9. The zero-order chi connectivity index (χ0) is 22.4. The molecule has 0 aliphatic carbocycles. The van der Waals surface area contributed by atoms with Crippen LogP contribution in [0.2, 0.25) is 0 Å². The molecule has 1 heterocycles. The smallest absolute Gasteiger partial charge is 0.311 e. The van der Waals surface area contributed by atoms with Gasteiger partial charge in [-0.2, -0.15) is 0 Å². The lowest BCUT2D eigenvalue weighted by molar-refractivity contribution is -0.385. The average molecular weight is 458 g/mol. The third-order valence-corrected chi connectivity index (χ3v) is 6.26. The maximum absolute atomic E-state index is 12.3. The molecule has 0 spiro atoms. The van der Waals surface area contributed by atoms with Crippen LogP contribution in [0, 0.1) is 10.1 Å². The number of ether oxygens (including phenoxy) is 1. The number of Topliss-reactive ketones (excluding diaryl/α,β-unsaturated/α-hetero) is 1. The van der Waals surface area contributed by atoms with E-state index in [1.54, 1.807) is 6.07 Å². The van der Waals surface area contributed by atoms with Crippen molar-refractivity contribution < 1.29 is 19.2 Å². The largest absolute Gasteiger partial charge is 0.490 e. The number of anilines is 1. The van der Waals surface area contributed by atoms with E-state index in [4.69, 9.17) is 4.74 Å². The van der Waals surface area contributed by atoms with Gasteiger partial charge in [0.1, 0.15) is 0 Å². The zero-order valence-corrected chi connectivity index (χ0v) is 18.4. The summed E-state index contributed by atoms with van der Waals surface area (Å²) in [6.07, 6.45) is 0. The minimum Gasteiger partial charge on any atom is -0.490 e. The van der Waals surface area contributed by atoms with Gasteiger partial charge in [-0.05, 0) is 11.6 Å². The predicted molar refractivity (Wildman–Crippen MR) is 122 cm³/mol. The number of carbonyl (C=O) groups excluding carboxylic acids is 2. The first kappa shape index (κ1) is 22.4. The van der Waals surface area contributed by atoms with Crippen LogP contribution in [-0.4, -0.2) is 34.5 Å². The molecule has 0 saturated carbocycles. The molecule has 1 N–H and O–H groups in total. The summed E-state index contributed by atoms with van der Waals surface area (Å²) in [6.45, 7) is 1.47. The van der Waals surface area contributed by atoms with Crippen LogP contribution in [0.25, 0.3) is 11.3 Å². The van der Waals surface area contributed by atoms with E-state index in [1.165, 1.54) is 37.9 Å². The number of carbonyl (C=O) groups is 2. The van der Waals surface area contributed by atoms with Crippen molar-refractivity contribution in [3.8, 4) is 17.0 Å². The van der Waals surface area contributed by atoms with E-state index < -0.39 is 4.92 Å². The Balaban J connectivity index is 1.62. The monoisotopic (exact) mass is 457 g/mol. The van der Waals surface area contributed by atoms with Gasteiger partial charge in [-0.25, -0.2) is 4.98 Å². The lowest BCUT2D eigenvalue weighted by Crippen LogP contribution is -2.14. The normalized spacial score (nSPS) is 10.5. The molecule has 2 aromatic carbocycles. The molecule has 3 aromatic rings. The Kier molecular flexibility index (Phi) is 7.37. The van der Waals surface area contributed by atoms with Gasteiger partial charge in [-0.15, -0.1) is 11.8 Å². The number of nitrogens with one attached hydrogen (secondary N) is 1. The zero-order valence-electron chi connectivity index (χ0n) is 16.8. The molecule has 1 aromatic heterocycles. The Morgan fingerprint density at radius 2 is 1.97 bits per heavy atom. The molecule has 0 saturated heterocycles. The number of ketones is 1. The number of hydrogen-bond donors (Lipinski definition) is 1. The number of nitro groups is 1. The number of nitrogens with zero attached hydrogens (tertiary/aromatic N) is 2. The quantitative estimate of drug-likeness (QED) is 0.279. The molecule has 0 fully saturated rings. The lowest BCUT2D eigenvalue weighted by atomic mass is 10.1. The molecule has 8 nitrogen and oxygen atoms in total. The maximum Gasteiger partial charge on any atom is 0.311 e. The van der Waals surface area contributed by atoms with E-state index in [0.717, 1.165) is 16.9 Å². The Morgan fingerprint density at radius 1 is 1.23 bits per heavy atom. The summed E-state index contributed by atoms with van der Waals surface area (Å²) < 4.78 is 4.99. The van der Waals surface area contributed by atoms with Crippen LogP contribution in [0.15, 0.2) is 48.5 Å². The molecule has 0 unspecified atom stereocenters. The number of amides is 1. The van der Waals surface area contributed by atoms with Crippen molar-refractivity contribution in [2.75, 3.05) is 18.2 Å². The van der Waals surface area contributed by atoms with Gasteiger partial charge in [0.2, 0.25) is 5.91 Å². The fourth-order valence-corrected chi connectivity index (χ4v) is 4.46. The number of aromatic nitrogens is 1. The summed E-state index contributed by atoms with van der Waals surface area (Å²) in [4.78, 5) is 39.8. The highest BCUT2D eigenvalue weighted by atomic mass is 32.2. The molecule has 1 amide bonds. The standard InChI is InChI=1S/C21H19N3O5S2/c1-13(25)20-19(15-6-4-3-5-7-15)23-21(31-20)22-18(26)12-30-11-14-8-9-17(29-2)16(10-14)24(27)28/h3-10H,11-12H2,1-2H3,(H,22,23,26). The van der Waals surface area contributed by atoms with Crippen molar-refractivity contribution in [1.29, 1.82) is 0 Å². The van der Waals surface area contributed by atoms with Crippen LogP contribution in [0.1, 0.15) is 22.2 Å². The Morgan fingerprint density at radius 3 is 2.61 bits per heavy atom. The summed E-state index contributed by atoms with van der Waals surface area (Å²) >= 11 is 2.45. The predicted octanol–water partition coefficient (Wildman–Crippen LogP) is 4.80. The summed E-state index contributed by atoms with van der Waals surface area (Å²) in [5, 5.41) is 14.2. The number of thioether (sulfide) groups is 1. The second-order valence-corrected chi connectivity index (χ2v) is 8.41. The first-order valence-corrected chi connectivity index (χ1v) is 11.1. The van der Waals surface area contributed by atoms with Gasteiger partial charge in [-0.1, -0.05) is 47.7 Å². The van der Waals surface area contributed by atoms with E-state index >= 15 is 0 Å². The third kappa shape index (κ3) is 5.68. The van der Waals surface area contributed by atoms with Crippen molar-refractivity contribution in [1.82, 2.24) is 4.98 Å². The van der Waals surface area contributed by atoms with Crippen LogP contribution in [0.3, 0.4) is 0 Å². The number of rotatable bonds is 9. The van der Waals surface area contributed by atoms with E-state index in [1.807, 2.05) is 30.3 Å². The molecule has 0 aliphatic rings. The van der Waals surface area contributed by atoms with Crippen LogP contribution in [0.4, 0.5) is 10.8 Å². The molecular weight excluding hydrogens is 438 g/mol. The Hall–Kier alpha value is -3.24. The number of hydrogen-bond acceptors (Lipinski definition) is 8. The van der Waals surface area contributed by atoms with Crippen LogP contribution < -0.4 is 10.1 Å². The molecule has 3 rings (SSSR count). The number of thiazole rings is 1. The lowest BCUT2D eigenvalue weighted by Gasteiger charge is -2.05. The van der Waals surface area contributed by atoms with Crippen LogP contribution >= 0.6 is 23.1 Å². The van der Waals surface area contributed by atoms with E-state index in [9.17, 15) is 19.7 Å². The highest BCUT2D eigenvalue weighted by molar-refractivity contribution is 7.99. The molecule has 0 bridgehead atoms. The highest BCUT2D eigenvalue weighted by Gasteiger charge is 2.18. The van der Waals surface area contributed by atoms with Gasteiger partial charge in [0.25, 0.3) is 0 Å². The van der Waals surface area contributed by atoms with Crippen molar-refractivity contribution >= 4 is 45.6 Å². The van der Waals surface area contributed by atoms with Gasteiger partial charge in [0.05, 0.1) is 28.4 Å². The second-order valence-electron chi connectivity index (χ2n) is 6.42. The number of benzene rings is 2. The molecule has 0 atom stereocenters. The third-order valence-electron chi connectivity index (χ3n) is 4.18. The summed E-state index contributed by atoms with van der Waals surface area (Å²) in [5.41, 5.74) is 1.95. The molecule has 160 valence electrons. The molecule has 31 heavy (non-hydrogen) atoms. The van der Waals surface area contributed by atoms with Gasteiger partial charge in [0.15, 0.2) is 16.7 Å². The van der Waals surface area contributed by atoms with Gasteiger partial charge in [-0.3, -0.25) is 19.7 Å². The molecule has 0 aliphatic heterocycles. The summed E-state index contributed by atoms with van der Waals surface area (Å²) in [6, 6.07) is 14.0. The van der Waals surface area contributed by atoms with Crippen molar-refractivity contribution in [2.45, 2.75) is 12.7 Å². The van der Waals surface area contributed by atoms with Crippen molar-refractivity contribution in [3.63, 3.8) is 0 Å². The summed E-state index contributed by atoms with van der Waals surface area (Å²) in [5.74, 6) is 0.360. The fourth-order valence-electron chi connectivity index (χ4n) is 2.79. The Labute approximate surface area is 186 Å². The topological polar surface area (TPSA) is 111 Å². The van der Waals surface area contributed by atoms with Crippen LogP contribution in [0.5, 0.6) is 5.75 Å². The Bertz CT molecular complexity index is 1120. The minimum atomic E-state index is -0.501. The van der Waals surface area contributed by atoms with Gasteiger partial charge >= 0.3 is 5.69 Å². The molecular formula is C21H19N3O5S2. The minimum absolute atomic E-state index is 0.113. The average Bonchev–Trinajstić information content (AvgIpc) is 3.18. The summed E-state index contributed by atoms with van der Waals surface area (Å²) in [7, 11) is 1.38. The van der Waals surface area contributed by atoms with Crippen molar-refractivity contribution in [3.05, 3.63) is 69.1 Å². The highest BCUT2D eigenvalue weighted by Crippen LogP contribution is 2.32. The van der Waals surface area contributed by atoms with E-state index in [0.29, 0.717) is 27.0 Å². The van der Waals surface area contributed by atoms with Crippen LogP contribution in [-0.2, 0) is 10.5 Å². The maximum atomic E-state index is 12.3. The molecule has 10 heteroatoms. The first-order valence-electron chi connectivity index (χ1n) is 9.15. The number of methoxy groups -OCH3 is 1. The van der Waals surface area contributed by atoms with Gasteiger partial charge in [0, 0.05) is 24.3 Å². The fraction of sp³-hybridized carbons (Fsp3) is 0.190. The SMILES string of the molecule is COc1ccc(CSCC(=O)Nc2nc(-c3ccccc3)c(C(C)=O)s2)cc1[N+](=O)[O-]. The van der Waals surface area contributed by atoms with E-state index in [2.05, 4.69) is 10.3 Å². The molecule has 0 radical (unpaired) electrons. The van der Waals surface area contributed by atoms with E-state index in [-0.39, 0.29) is 28.9 Å². The second kappa shape index (κ2) is 10.2. The number of nitro benzene ring substituents is 1. The van der Waals surface area contributed by atoms with Gasteiger partial charge < -0.3 is 10.1 Å².